The topological polar surface area (TPSA) is 78.2 Å². The minimum absolute atomic E-state index is 0.456. The summed E-state index contributed by atoms with van der Waals surface area (Å²) in [7, 11) is 0. The summed E-state index contributed by atoms with van der Waals surface area (Å²) in [4.78, 5) is 12.6. The number of nitrogens with one attached hydrogen (secondary N) is 3. The number of guanidine groups is 1. The molecule has 4 rings (SSSR count). The van der Waals surface area contributed by atoms with Gasteiger partial charge in [0.1, 0.15) is 12.0 Å². The average Bonchev–Trinajstić information content (AvgIpc) is 3.40. The van der Waals surface area contributed by atoms with Crippen LogP contribution >= 0.6 is 0 Å². The highest BCUT2D eigenvalue weighted by Gasteiger charge is 2.07. The lowest BCUT2D eigenvalue weighted by Crippen LogP contribution is -2.38. The third-order valence-corrected chi connectivity index (χ3v) is 4.93. The number of hydrogen-bond acceptors (Lipinski definition) is 3. The minimum atomic E-state index is 0.456. The Morgan fingerprint density at radius 2 is 2.00 bits per heavy atom. The van der Waals surface area contributed by atoms with Gasteiger partial charge in [0, 0.05) is 35.8 Å². The van der Waals surface area contributed by atoms with Crippen molar-refractivity contribution >= 4 is 16.9 Å². The average molecular weight is 402 g/mol. The highest BCUT2D eigenvalue weighted by atomic mass is 16.3. The second kappa shape index (κ2) is 9.31. The molecule has 2 aromatic carbocycles. The molecule has 4 aromatic rings. The van der Waals surface area contributed by atoms with Gasteiger partial charge in [-0.3, -0.25) is 0 Å². The second-order valence-corrected chi connectivity index (χ2v) is 7.24. The Balaban J connectivity index is 1.36. The van der Waals surface area contributed by atoms with Crippen LogP contribution in [0, 0.1) is 6.92 Å². The maximum absolute atomic E-state index is 5.60. The molecule has 154 valence electrons. The number of benzene rings is 2. The first kappa shape index (κ1) is 19.8. The van der Waals surface area contributed by atoms with E-state index in [-0.39, 0.29) is 0 Å². The van der Waals surface area contributed by atoms with Gasteiger partial charge in [0.15, 0.2) is 5.96 Å². The molecule has 0 aliphatic rings. The summed E-state index contributed by atoms with van der Waals surface area (Å²) < 4.78 is 5.60. The number of oxazole rings is 1. The number of rotatable bonds is 7. The monoisotopic (exact) mass is 401 g/mol. The smallest absolute Gasteiger partial charge is 0.226 e. The molecular formula is C24H27N5O. The molecule has 0 fully saturated rings. The van der Waals surface area contributed by atoms with Crippen LogP contribution < -0.4 is 10.6 Å². The van der Waals surface area contributed by atoms with Crippen LogP contribution in [-0.4, -0.2) is 29.0 Å². The number of H-pyrrole nitrogens is 1. The zero-order chi connectivity index (χ0) is 20.8. The molecule has 2 heterocycles. The summed E-state index contributed by atoms with van der Waals surface area (Å²) in [6.45, 7) is 6.21. The molecule has 0 aliphatic carbocycles. The standard InChI is InChI=1S/C24H27N5O/c1-3-25-24(26-12-11-19-14-27-22-13-17(2)9-10-21(19)22)28-15-20-16-30-23(29-20)18-7-5-4-6-8-18/h4-10,13-14,16,27H,3,11-12,15H2,1-2H3,(H2,25,26,28). The quantitative estimate of drug-likeness (QED) is 0.316. The van der Waals surface area contributed by atoms with Crippen molar-refractivity contribution in [3.63, 3.8) is 0 Å². The summed E-state index contributed by atoms with van der Waals surface area (Å²) >= 11 is 0. The van der Waals surface area contributed by atoms with Crippen molar-refractivity contribution in [3.8, 4) is 11.5 Å². The van der Waals surface area contributed by atoms with Crippen LogP contribution in [0.15, 0.2) is 70.4 Å². The molecule has 0 saturated carbocycles. The van der Waals surface area contributed by atoms with Gasteiger partial charge in [-0.15, -0.1) is 0 Å². The first-order chi connectivity index (χ1) is 14.7. The van der Waals surface area contributed by atoms with Crippen molar-refractivity contribution < 1.29 is 4.42 Å². The number of fused-ring (bicyclic) bond motifs is 1. The molecule has 6 nitrogen and oxygen atoms in total. The molecule has 0 saturated heterocycles. The van der Waals surface area contributed by atoms with Gasteiger partial charge in [-0.25, -0.2) is 9.98 Å². The number of hydrogen-bond donors (Lipinski definition) is 3. The van der Waals surface area contributed by atoms with E-state index in [0.29, 0.717) is 12.4 Å². The third-order valence-electron chi connectivity index (χ3n) is 4.93. The fourth-order valence-corrected chi connectivity index (χ4v) is 3.42. The van der Waals surface area contributed by atoms with Crippen molar-refractivity contribution in [2.24, 2.45) is 4.99 Å². The van der Waals surface area contributed by atoms with Gasteiger partial charge in [-0.2, -0.15) is 0 Å². The molecule has 0 bridgehead atoms. The Kier molecular flexibility index (Phi) is 6.13. The summed E-state index contributed by atoms with van der Waals surface area (Å²) in [6.07, 6.45) is 4.68. The van der Waals surface area contributed by atoms with Gasteiger partial charge < -0.3 is 20.0 Å². The number of aryl methyl sites for hydroxylation is 1. The zero-order valence-electron chi connectivity index (χ0n) is 17.4. The van der Waals surface area contributed by atoms with Crippen LogP contribution in [0.1, 0.15) is 23.7 Å². The van der Waals surface area contributed by atoms with Crippen molar-refractivity contribution in [2.75, 3.05) is 13.1 Å². The maximum Gasteiger partial charge on any atom is 0.226 e. The van der Waals surface area contributed by atoms with Gasteiger partial charge in [-0.05, 0) is 49.6 Å². The Hall–Kier alpha value is -3.54. The lowest BCUT2D eigenvalue weighted by Gasteiger charge is -2.10. The SMILES string of the molecule is CCNC(=NCc1coc(-c2ccccc2)n1)NCCc1c[nH]c2cc(C)ccc12. The maximum atomic E-state index is 5.60. The summed E-state index contributed by atoms with van der Waals surface area (Å²) in [5.74, 6) is 1.39. The van der Waals surface area contributed by atoms with Crippen LogP contribution in [0.25, 0.3) is 22.4 Å². The van der Waals surface area contributed by atoms with Gasteiger partial charge in [-0.1, -0.05) is 30.3 Å². The fourth-order valence-electron chi connectivity index (χ4n) is 3.42. The van der Waals surface area contributed by atoms with Crippen molar-refractivity contribution in [3.05, 3.63) is 77.8 Å². The molecule has 2 aromatic heterocycles. The van der Waals surface area contributed by atoms with Crippen LogP contribution in [0.2, 0.25) is 0 Å². The molecular weight excluding hydrogens is 374 g/mol. The van der Waals surface area contributed by atoms with E-state index >= 15 is 0 Å². The Morgan fingerprint density at radius 3 is 2.83 bits per heavy atom. The number of aromatic amines is 1. The van der Waals surface area contributed by atoms with Crippen LogP contribution in [0.5, 0.6) is 0 Å². The molecule has 3 N–H and O–H groups in total. The van der Waals surface area contributed by atoms with E-state index in [2.05, 4.69) is 63.8 Å². The Labute approximate surface area is 176 Å². The molecule has 0 aliphatic heterocycles. The van der Waals surface area contributed by atoms with Gasteiger partial charge in [0.2, 0.25) is 5.89 Å². The highest BCUT2D eigenvalue weighted by Crippen LogP contribution is 2.20. The summed E-state index contributed by atoms with van der Waals surface area (Å²) in [5, 5.41) is 7.98. The zero-order valence-corrected chi connectivity index (χ0v) is 17.4. The lowest BCUT2D eigenvalue weighted by molar-refractivity contribution is 0.572. The van der Waals surface area contributed by atoms with Crippen molar-refractivity contribution in [1.82, 2.24) is 20.6 Å². The predicted octanol–water partition coefficient (Wildman–Crippen LogP) is 4.43. The number of aliphatic imine (C=N–C) groups is 1. The number of nitrogens with zero attached hydrogens (tertiary/aromatic N) is 2. The predicted molar refractivity (Wildman–Crippen MR) is 121 cm³/mol. The van der Waals surface area contributed by atoms with Crippen molar-refractivity contribution in [1.29, 1.82) is 0 Å². The second-order valence-electron chi connectivity index (χ2n) is 7.24. The number of aromatic nitrogens is 2. The van der Waals surface area contributed by atoms with Gasteiger partial charge in [0.05, 0.1) is 6.54 Å². The lowest BCUT2D eigenvalue weighted by atomic mass is 10.1. The first-order valence-electron chi connectivity index (χ1n) is 10.3. The molecule has 30 heavy (non-hydrogen) atoms. The molecule has 6 heteroatoms. The molecule has 0 atom stereocenters. The highest BCUT2D eigenvalue weighted by molar-refractivity contribution is 5.84. The van der Waals surface area contributed by atoms with E-state index in [0.717, 1.165) is 36.7 Å². The van der Waals surface area contributed by atoms with E-state index < -0.39 is 0 Å². The molecule has 0 radical (unpaired) electrons. The molecule has 0 amide bonds. The van der Waals surface area contributed by atoms with Crippen molar-refractivity contribution in [2.45, 2.75) is 26.8 Å². The van der Waals surface area contributed by atoms with Crippen LogP contribution in [0.4, 0.5) is 0 Å². The first-order valence-corrected chi connectivity index (χ1v) is 10.3. The third kappa shape index (κ3) is 4.71. The Bertz CT molecular complexity index is 1130. The summed E-state index contributed by atoms with van der Waals surface area (Å²) in [5.41, 5.74) is 5.52. The van der Waals surface area contributed by atoms with E-state index in [1.807, 2.05) is 30.3 Å². The Morgan fingerprint density at radius 1 is 1.13 bits per heavy atom. The van der Waals surface area contributed by atoms with Gasteiger partial charge >= 0.3 is 0 Å². The van der Waals surface area contributed by atoms with Gasteiger partial charge in [0.25, 0.3) is 0 Å². The fraction of sp³-hybridized carbons (Fsp3) is 0.250. The van der Waals surface area contributed by atoms with E-state index in [4.69, 9.17) is 4.42 Å². The minimum Gasteiger partial charge on any atom is -0.444 e. The summed E-state index contributed by atoms with van der Waals surface area (Å²) in [6, 6.07) is 16.4. The molecule has 0 unspecified atom stereocenters. The van der Waals surface area contributed by atoms with E-state index in [1.54, 1.807) is 6.26 Å². The normalized spacial score (nSPS) is 11.7. The van der Waals surface area contributed by atoms with E-state index in [9.17, 15) is 0 Å². The largest absolute Gasteiger partial charge is 0.444 e. The van der Waals surface area contributed by atoms with Crippen LogP contribution in [-0.2, 0) is 13.0 Å². The van der Waals surface area contributed by atoms with E-state index in [1.165, 1.54) is 22.0 Å². The van der Waals surface area contributed by atoms with Crippen LogP contribution in [0.3, 0.4) is 0 Å². The molecule has 0 spiro atoms.